The quantitative estimate of drug-likeness (QED) is 0.0413. The average molecular weight is 664 g/mol. The summed E-state index contributed by atoms with van der Waals surface area (Å²) in [6, 6.07) is 0.0842. The highest BCUT2D eigenvalue weighted by Crippen LogP contribution is 2.20. The van der Waals surface area contributed by atoms with E-state index in [9.17, 15) is 39.3 Å². The number of phenols is 1. The van der Waals surface area contributed by atoms with Crippen LogP contribution in [0.3, 0.4) is 0 Å². The Morgan fingerprint density at radius 2 is 1.57 bits per heavy atom. The number of aliphatic hydroxyl groups is 1. The summed E-state index contributed by atoms with van der Waals surface area (Å²) >= 11 is 0. The lowest BCUT2D eigenvalue weighted by molar-refractivity contribution is -0.142. The summed E-state index contributed by atoms with van der Waals surface area (Å²) in [7, 11) is 0. The molecule has 17 heteroatoms. The van der Waals surface area contributed by atoms with E-state index < -0.39 is 65.9 Å². The maximum Gasteiger partial charge on any atom is 0.326 e. The first-order valence-corrected chi connectivity index (χ1v) is 15.7. The van der Waals surface area contributed by atoms with Gasteiger partial charge >= 0.3 is 5.97 Å². The Labute approximate surface area is 273 Å². The molecule has 1 aliphatic heterocycles. The SMILES string of the molecule is C[C@@H](O)[C@H](N)C(=O)N1CCC[C@H]1C(=O)N[C@@H](CCCCN)C(=O)N[C@@H](Cc1ccc(O)cc1)C(=O)N[C@@H](CCCN=C(N)N)C(=O)O. The maximum atomic E-state index is 13.7. The molecule has 4 amide bonds. The average Bonchev–Trinajstić information content (AvgIpc) is 3.52. The van der Waals surface area contributed by atoms with Gasteiger partial charge in [0.25, 0.3) is 0 Å². The Hall–Kier alpha value is -4.48. The zero-order valence-corrected chi connectivity index (χ0v) is 26.6. The van der Waals surface area contributed by atoms with Gasteiger partial charge < -0.3 is 59.1 Å². The van der Waals surface area contributed by atoms with E-state index in [-0.39, 0.29) is 50.5 Å². The number of carboxylic acid groups (broad SMARTS) is 1. The summed E-state index contributed by atoms with van der Waals surface area (Å²) in [4.78, 5) is 70.5. The molecule has 0 aromatic heterocycles. The predicted octanol–water partition coefficient (Wildman–Crippen LogP) is -2.64. The molecule has 1 aromatic rings. The molecule has 2 rings (SSSR count). The van der Waals surface area contributed by atoms with Crippen molar-refractivity contribution in [2.75, 3.05) is 19.6 Å². The summed E-state index contributed by atoms with van der Waals surface area (Å²) in [5, 5.41) is 37.0. The van der Waals surface area contributed by atoms with Crippen molar-refractivity contribution in [2.24, 2.45) is 27.9 Å². The van der Waals surface area contributed by atoms with Gasteiger partial charge in [-0.1, -0.05) is 12.1 Å². The third kappa shape index (κ3) is 12.7. The van der Waals surface area contributed by atoms with Gasteiger partial charge in [-0.2, -0.15) is 0 Å². The zero-order chi connectivity index (χ0) is 35.1. The molecule has 1 aliphatic rings. The van der Waals surface area contributed by atoms with Crippen LogP contribution in [0.2, 0.25) is 0 Å². The largest absolute Gasteiger partial charge is 0.508 e. The molecule has 0 unspecified atom stereocenters. The van der Waals surface area contributed by atoms with Crippen molar-refractivity contribution in [2.45, 2.75) is 94.6 Å². The van der Waals surface area contributed by atoms with Crippen LogP contribution in [0.25, 0.3) is 0 Å². The Morgan fingerprint density at radius 1 is 0.957 bits per heavy atom. The third-order valence-corrected chi connectivity index (χ3v) is 7.79. The normalized spacial score (nSPS) is 17.4. The second-order valence-corrected chi connectivity index (χ2v) is 11.6. The number of likely N-dealkylation sites (tertiary alicyclic amines) is 1. The Balaban J connectivity index is 2.27. The van der Waals surface area contributed by atoms with Crippen LogP contribution in [-0.4, -0.2) is 112 Å². The number of rotatable bonds is 19. The van der Waals surface area contributed by atoms with Gasteiger partial charge in [-0.15, -0.1) is 0 Å². The maximum absolute atomic E-state index is 13.7. The highest BCUT2D eigenvalue weighted by Gasteiger charge is 2.39. The molecular formula is C30H49N9O8. The van der Waals surface area contributed by atoms with Crippen molar-refractivity contribution >= 4 is 35.6 Å². The molecule has 1 fully saturated rings. The fourth-order valence-electron chi connectivity index (χ4n) is 5.11. The summed E-state index contributed by atoms with van der Waals surface area (Å²) < 4.78 is 0. The van der Waals surface area contributed by atoms with Crippen molar-refractivity contribution in [3.8, 4) is 5.75 Å². The van der Waals surface area contributed by atoms with Gasteiger partial charge in [0.1, 0.15) is 36.0 Å². The van der Waals surface area contributed by atoms with Crippen LogP contribution in [0.4, 0.5) is 0 Å². The minimum Gasteiger partial charge on any atom is -0.508 e. The van der Waals surface area contributed by atoms with E-state index in [1.165, 1.54) is 24.0 Å². The predicted molar refractivity (Wildman–Crippen MR) is 172 cm³/mol. The fourth-order valence-corrected chi connectivity index (χ4v) is 5.11. The van der Waals surface area contributed by atoms with Crippen LogP contribution < -0.4 is 38.9 Å². The van der Waals surface area contributed by atoms with Gasteiger partial charge in [-0.3, -0.25) is 24.2 Å². The number of aliphatic hydroxyl groups excluding tert-OH is 1. The molecule has 0 saturated carbocycles. The van der Waals surface area contributed by atoms with E-state index >= 15 is 0 Å². The highest BCUT2D eigenvalue weighted by molar-refractivity contribution is 5.95. The first-order chi connectivity index (χ1) is 22.2. The van der Waals surface area contributed by atoms with Crippen LogP contribution in [0, 0.1) is 0 Å². The number of phenolic OH excluding ortho intramolecular Hbond substituents is 1. The van der Waals surface area contributed by atoms with E-state index in [2.05, 4.69) is 20.9 Å². The van der Waals surface area contributed by atoms with Crippen molar-refractivity contribution in [3.63, 3.8) is 0 Å². The van der Waals surface area contributed by atoms with Gasteiger partial charge in [0.05, 0.1) is 6.10 Å². The van der Waals surface area contributed by atoms with E-state index in [0.29, 0.717) is 37.8 Å². The molecule has 0 aliphatic carbocycles. The van der Waals surface area contributed by atoms with Gasteiger partial charge in [0, 0.05) is 19.5 Å². The number of carbonyl (C=O) groups excluding carboxylic acids is 4. The fraction of sp³-hybridized carbons (Fsp3) is 0.600. The first-order valence-electron chi connectivity index (χ1n) is 15.7. The first kappa shape index (κ1) is 38.7. The number of aliphatic imine (C=N–C) groups is 1. The Morgan fingerprint density at radius 3 is 2.17 bits per heavy atom. The van der Waals surface area contributed by atoms with Gasteiger partial charge in [0.2, 0.25) is 23.6 Å². The topological polar surface area (TPSA) is 302 Å². The lowest BCUT2D eigenvalue weighted by atomic mass is 10.0. The van der Waals surface area contributed by atoms with Crippen LogP contribution in [-0.2, 0) is 30.4 Å². The summed E-state index contributed by atoms with van der Waals surface area (Å²) in [6.45, 7) is 2.12. The Kier molecular flexibility index (Phi) is 15.8. The minimum atomic E-state index is -1.31. The molecular weight excluding hydrogens is 614 g/mol. The van der Waals surface area contributed by atoms with Crippen molar-refractivity contribution in [1.29, 1.82) is 0 Å². The minimum absolute atomic E-state index is 0.00479. The molecule has 47 heavy (non-hydrogen) atoms. The highest BCUT2D eigenvalue weighted by atomic mass is 16.4. The van der Waals surface area contributed by atoms with Crippen LogP contribution in [0.1, 0.15) is 57.4 Å². The standard InChI is InChI=1S/C30H49N9O8/c1-17(40)24(32)28(45)39-15-5-8-23(39)27(44)36-20(6-2-3-13-31)25(42)38-22(16-18-9-11-19(41)12-10-18)26(43)37-21(29(46)47)7-4-14-35-30(33)34/h9-12,17,20-24,40-41H,2-8,13-16,31-32H2,1H3,(H,36,44)(H,37,43)(H,38,42)(H,46,47)(H4,33,34,35)/t17-,20+,21+,22+,23+,24+/m1/s1. The number of carboxylic acids is 1. The molecule has 0 radical (unpaired) electrons. The summed E-state index contributed by atoms with van der Waals surface area (Å²) in [5.74, 6) is -4.12. The van der Waals surface area contributed by atoms with E-state index in [0.717, 1.165) is 0 Å². The van der Waals surface area contributed by atoms with E-state index in [1.54, 1.807) is 12.1 Å². The molecule has 0 spiro atoms. The number of aromatic hydroxyl groups is 1. The number of guanidine groups is 1. The van der Waals surface area contributed by atoms with Crippen molar-refractivity contribution in [3.05, 3.63) is 29.8 Å². The number of benzene rings is 1. The molecule has 1 heterocycles. The van der Waals surface area contributed by atoms with Crippen molar-refractivity contribution in [1.82, 2.24) is 20.9 Å². The third-order valence-electron chi connectivity index (χ3n) is 7.79. The molecule has 14 N–H and O–H groups in total. The number of nitrogens with two attached hydrogens (primary N) is 4. The molecule has 17 nitrogen and oxygen atoms in total. The smallest absolute Gasteiger partial charge is 0.326 e. The number of nitrogens with one attached hydrogen (secondary N) is 3. The second-order valence-electron chi connectivity index (χ2n) is 11.6. The molecule has 0 bridgehead atoms. The van der Waals surface area contributed by atoms with E-state index in [4.69, 9.17) is 22.9 Å². The molecule has 6 atom stereocenters. The van der Waals surface area contributed by atoms with Crippen LogP contribution in [0.5, 0.6) is 5.75 Å². The second kappa shape index (κ2) is 19.2. The number of hydrogen-bond acceptors (Lipinski definition) is 10. The number of unbranched alkanes of at least 4 members (excludes halogenated alkanes) is 1. The van der Waals surface area contributed by atoms with E-state index in [1.807, 2.05) is 0 Å². The number of nitrogens with zero attached hydrogens (tertiary/aromatic N) is 2. The van der Waals surface area contributed by atoms with Crippen molar-refractivity contribution < 1.29 is 39.3 Å². The number of aliphatic carboxylic acids is 1. The summed E-state index contributed by atoms with van der Waals surface area (Å²) in [6.07, 6.45) is 1.08. The molecule has 1 aromatic carbocycles. The summed E-state index contributed by atoms with van der Waals surface area (Å²) in [5.41, 5.74) is 22.7. The Bertz CT molecular complexity index is 1240. The molecule has 262 valence electrons. The van der Waals surface area contributed by atoms with Crippen LogP contribution in [0.15, 0.2) is 29.3 Å². The lowest BCUT2D eigenvalue weighted by Crippen LogP contribution is -2.59. The monoisotopic (exact) mass is 663 g/mol. The number of hydrogen-bond donors (Lipinski definition) is 10. The number of amides is 4. The van der Waals surface area contributed by atoms with Gasteiger partial charge in [-0.25, -0.2) is 4.79 Å². The zero-order valence-electron chi connectivity index (χ0n) is 26.6. The van der Waals surface area contributed by atoms with Gasteiger partial charge in [0.15, 0.2) is 5.96 Å². The number of carbonyl (C=O) groups is 5. The molecule has 1 saturated heterocycles. The van der Waals surface area contributed by atoms with Gasteiger partial charge in [-0.05, 0) is 76.1 Å². The lowest BCUT2D eigenvalue weighted by Gasteiger charge is -2.29. The van der Waals surface area contributed by atoms with Crippen LogP contribution >= 0.6 is 0 Å².